The standard InChI is InChI=1S/C10H9FN2O2/c1-15-10(14)6-2-3-9(11)8(5-13)7(6)4-12/h2-3H,5,13H2,1H3. The van der Waals surface area contributed by atoms with Crippen LogP contribution in [0, 0.1) is 17.1 Å². The summed E-state index contributed by atoms with van der Waals surface area (Å²) in [6.07, 6.45) is 0. The first-order valence-corrected chi connectivity index (χ1v) is 4.15. The van der Waals surface area contributed by atoms with Crippen LogP contribution in [0.5, 0.6) is 0 Å². The lowest BCUT2D eigenvalue weighted by Crippen LogP contribution is -2.10. The van der Waals surface area contributed by atoms with E-state index in [9.17, 15) is 9.18 Å². The predicted octanol–water partition coefficient (Wildman–Crippen LogP) is 0.943. The molecule has 0 aromatic heterocycles. The summed E-state index contributed by atoms with van der Waals surface area (Å²) in [7, 11) is 1.19. The molecule has 0 saturated heterocycles. The Labute approximate surface area is 86.1 Å². The van der Waals surface area contributed by atoms with Gasteiger partial charge in [-0.3, -0.25) is 0 Å². The number of ether oxygens (including phenoxy) is 1. The van der Waals surface area contributed by atoms with Gasteiger partial charge in [-0.05, 0) is 12.1 Å². The number of nitriles is 1. The van der Waals surface area contributed by atoms with E-state index in [1.165, 1.54) is 13.2 Å². The van der Waals surface area contributed by atoms with Gasteiger partial charge in [-0.1, -0.05) is 0 Å². The number of methoxy groups -OCH3 is 1. The number of carbonyl (C=O) groups is 1. The zero-order valence-corrected chi connectivity index (χ0v) is 8.08. The van der Waals surface area contributed by atoms with Gasteiger partial charge in [-0.2, -0.15) is 5.26 Å². The van der Waals surface area contributed by atoms with E-state index in [1.807, 2.05) is 0 Å². The summed E-state index contributed by atoms with van der Waals surface area (Å²) >= 11 is 0. The Hall–Kier alpha value is -1.93. The number of benzene rings is 1. The molecule has 1 rings (SSSR count). The Morgan fingerprint density at radius 2 is 2.33 bits per heavy atom. The first kappa shape index (κ1) is 11.1. The average Bonchev–Trinajstić information content (AvgIpc) is 2.27. The molecule has 0 aliphatic rings. The van der Waals surface area contributed by atoms with Crippen molar-refractivity contribution in [1.29, 1.82) is 5.26 Å². The highest BCUT2D eigenvalue weighted by atomic mass is 19.1. The molecule has 1 aromatic carbocycles. The van der Waals surface area contributed by atoms with Crippen LogP contribution in [-0.4, -0.2) is 13.1 Å². The lowest BCUT2D eigenvalue weighted by atomic mass is 10.0. The highest BCUT2D eigenvalue weighted by molar-refractivity contribution is 5.92. The largest absolute Gasteiger partial charge is 0.465 e. The lowest BCUT2D eigenvalue weighted by molar-refractivity contribution is 0.0600. The topological polar surface area (TPSA) is 76.1 Å². The molecule has 5 heteroatoms. The van der Waals surface area contributed by atoms with E-state index in [2.05, 4.69) is 4.74 Å². The normalized spacial score (nSPS) is 9.47. The molecular weight excluding hydrogens is 199 g/mol. The molecule has 0 aliphatic carbocycles. The van der Waals surface area contributed by atoms with Gasteiger partial charge in [0.15, 0.2) is 0 Å². The Morgan fingerprint density at radius 1 is 1.67 bits per heavy atom. The maximum Gasteiger partial charge on any atom is 0.339 e. The number of halogens is 1. The fourth-order valence-corrected chi connectivity index (χ4v) is 1.23. The van der Waals surface area contributed by atoms with Gasteiger partial charge in [0.1, 0.15) is 11.9 Å². The van der Waals surface area contributed by atoms with Gasteiger partial charge >= 0.3 is 5.97 Å². The molecule has 0 amide bonds. The van der Waals surface area contributed by atoms with Gasteiger partial charge in [-0.15, -0.1) is 0 Å². The third kappa shape index (κ3) is 1.95. The zero-order valence-electron chi connectivity index (χ0n) is 8.08. The molecule has 15 heavy (non-hydrogen) atoms. The summed E-state index contributed by atoms with van der Waals surface area (Å²) in [5.41, 5.74) is 5.29. The van der Waals surface area contributed by atoms with Gasteiger partial charge in [-0.25, -0.2) is 9.18 Å². The maximum atomic E-state index is 13.2. The van der Waals surface area contributed by atoms with Crippen molar-refractivity contribution in [1.82, 2.24) is 0 Å². The summed E-state index contributed by atoms with van der Waals surface area (Å²) in [5, 5.41) is 8.82. The SMILES string of the molecule is COC(=O)c1ccc(F)c(CN)c1C#N. The van der Waals surface area contributed by atoms with Crippen LogP contribution in [-0.2, 0) is 11.3 Å². The minimum Gasteiger partial charge on any atom is -0.465 e. The van der Waals surface area contributed by atoms with Crippen molar-refractivity contribution in [3.63, 3.8) is 0 Å². The Bertz CT molecular complexity index is 438. The molecule has 0 atom stereocenters. The summed E-state index contributed by atoms with van der Waals surface area (Å²) < 4.78 is 17.7. The maximum absolute atomic E-state index is 13.2. The summed E-state index contributed by atoms with van der Waals surface area (Å²) in [4.78, 5) is 11.2. The number of carbonyl (C=O) groups excluding carboxylic acids is 1. The van der Waals surface area contributed by atoms with E-state index < -0.39 is 11.8 Å². The first-order chi connectivity index (χ1) is 7.15. The zero-order chi connectivity index (χ0) is 11.4. The van der Waals surface area contributed by atoms with Crippen molar-refractivity contribution >= 4 is 5.97 Å². The highest BCUT2D eigenvalue weighted by Crippen LogP contribution is 2.18. The summed E-state index contributed by atoms with van der Waals surface area (Å²) in [5.74, 6) is -1.28. The molecule has 0 heterocycles. The van der Waals surface area contributed by atoms with E-state index in [0.29, 0.717) is 0 Å². The van der Waals surface area contributed by atoms with Crippen LogP contribution in [0.15, 0.2) is 12.1 Å². The summed E-state index contributed by atoms with van der Waals surface area (Å²) in [6.45, 7) is -0.139. The Kier molecular flexibility index (Phi) is 3.37. The molecule has 4 nitrogen and oxygen atoms in total. The third-order valence-corrected chi connectivity index (χ3v) is 1.98. The predicted molar refractivity (Wildman–Crippen MR) is 50.3 cm³/mol. The minimum atomic E-state index is -0.679. The van der Waals surface area contributed by atoms with E-state index in [4.69, 9.17) is 11.0 Å². The molecule has 2 N–H and O–H groups in total. The molecule has 0 spiro atoms. The van der Waals surface area contributed by atoms with Crippen molar-refractivity contribution in [2.45, 2.75) is 6.54 Å². The molecule has 1 aromatic rings. The van der Waals surface area contributed by atoms with Crippen LogP contribution in [0.2, 0.25) is 0 Å². The van der Waals surface area contributed by atoms with Crippen LogP contribution in [0.25, 0.3) is 0 Å². The number of rotatable bonds is 2. The van der Waals surface area contributed by atoms with Crippen LogP contribution in [0.3, 0.4) is 0 Å². The first-order valence-electron chi connectivity index (χ1n) is 4.15. The minimum absolute atomic E-state index is 0.0281. The number of nitrogens with zero attached hydrogens (tertiary/aromatic N) is 1. The molecular formula is C10H9FN2O2. The molecule has 0 bridgehead atoms. The van der Waals surface area contributed by atoms with Crippen LogP contribution in [0.4, 0.5) is 4.39 Å². The fraction of sp³-hybridized carbons (Fsp3) is 0.200. The number of hydrogen-bond acceptors (Lipinski definition) is 4. The summed E-state index contributed by atoms with van der Waals surface area (Å²) in [6, 6.07) is 4.05. The quantitative estimate of drug-likeness (QED) is 0.734. The van der Waals surface area contributed by atoms with Gasteiger partial charge < -0.3 is 10.5 Å². The monoisotopic (exact) mass is 208 g/mol. The second kappa shape index (κ2) is 4.53. The number of esters is 1. The van der Waals surface area contributed by atoms with Gasteiger partial charge in [0.2, 0.25) is 0 Å². The second-order valence-electron chi connectivity index (χ2n) is 2.76. The number of hydrogen-bond donors (Lipinski definition) is 1. The third-order valence-electron chi connectivity index (χ3n) is 1.98. The molecule has 0 aliphatic heterocycles. The smallest absolute Gasteiger partial charge is 0.339 e. The van der Waals surface area contributed by atoms with E-state index in [-0.39, 0.29) is 23.2 Å². The molecule has 0 saturated carbocycles. The molecule has 0 fully saturated rings. The van der Waals surface area contributed by atoms with Gasteiger partial charge in [0.05, 0.1) is 18.2 Å². The van der Waals surface area contributed by atoms with Gasteiger partial charge in [0, 0.05) is 12.1 Å². The van der Waals surface area contributed by atoms with Crippen molar-refractivity contribution in [3.8, 4) is 6.07 Å². The Morgan fingerprint density at radius 3 is 2.80 bits per heavy atom. The van der Waals surface area contributed by atoms with Crippen LogP contribution < -0.4 is 5.73 Å². The van der Waals surface area contributed by atoms with E-state index in [0.717, 1.165) is 6.07 Å². The van der Waals surface area contributed by atoms with E-state index >= 15 is 0 Å². The lowest BCUT2D eigenvalue weighted by Gasteiger charge is -2.06. The highest BCUT2D eigenvalue weighted by Gasteiger charge is 2.17. The molecule has 78 valence electrons. The van der Waals surface area contributed by atoms with Crippen molar-refractivity contribution < 1.29 is 13.9 Å². The van der Waals surface area contributed by atoms with Crippen LogP contribution in [0.1, 0.15) is 21.5 Å². The molecule has 0 unspecified atom stereocenters. The fourth-order valence-electron chi connectivity index (χ4n) is 1.23. The Balaban J connectivity index is 3.43. The van der Waals surface area contributed by atoms with Crippen molar-refractivity contribution in [2.75, 3.05) is 7.11 Å². The van der Waals surface area contributed by atoms with Gasteiger partial charge in [0.25, 0.3) is 0 Å². The molecule has 0 radical (unpaired) electrons. The van der Waals surface area contributed by atoms with Crippen LogP contribution >= 0.6 is 0 Å². The second-order valence-corrected chi connectivity index (χ2v) is 2.76. The van der Waals surface area contributed by atoms with Crippen molar-refractivity contribution in [2.24, 2.45) is 5.73 Å². The van der Waals surface area contributed by atoms with Crippen molar-refractivity contribution in [3.05, 3.63) is 34.6 Å². The number of nitrogens with two attached hydrogens (primary N) is 1. The van der Waals surface area contributed by atoms with E-state index in [1.54, 1.807) is 6.07 Å². The average molecular weight is 208 g/mol.